The second kappa shape index (κ2) is 7.00. The number of piperidine rings is 1. The number of aromatic carboxylic acids is 1. The number of aryl methyl sites for hydroxylation is 1. The van der Waals surface area contributed by atoms with Crippen molar-refractivity contribution in [3.8, 4) is 0 Å². The average Bonchev–Trinajstić information content (AvgIpc) is 3.22. The summed E-state index contributed by atoms with van der Waals surface area (Å²) in [5.41, 5.74) is -1.04. The summed E-state index contributed by atoms with van der Waals surface area (Å²) in [6, 6.07) is 0.739. The number of carbonyl (C=O) groups is 2. The molecule has 3 rings (SSSR count). The lowest BCUT2D eigenvalue weighted by Gasteiger charge is -2.31. The van der Waals surface area contributed by atoms with E-state index >= 15 is 0 Å². The Morgan fingerprint density at radius 2 is 1.93 bits per heavy atom. The summed E-state index contributed by atoms with van der Waals surface area (Å²) in [5.74, 6) is -1.75. The third-order valence-electron chi connectivity index (χ3n) is 4.42. The monoisotopic (exact) mass is 385 g/mol. The molecule has 2 aromatic rings. The molecular formula is C15H16F3N6O3-. The Kier molecular flexibility index (Phi) is 4.89. The molecule has 27 heavy (non-hydrogen) atoms. The molecule has 1 aliphatic heterocycles. The smallest absolute Gasteiger partial charge is 0.435 e. The van der Waals surface area contributed by atoms with Crippen LogP contribution in [0.2, 0.25) is 0 Å². The van der Waals surface area contributed by atoms with Gasteiger partial charge in [0, 0.05) is 18.8 Å². The molecule has 0 atom stereocenters. The Labute approximate surface area is 151 Å². The fourth-order valence-corrected chi connectivity index (χ4v) is 2.93. The zero-order valence-corrected chi connectivity index (χ0v) is 14.3. The number of rotatable bonds is 4. The summed E-state index contributed by atoms with van der Waals surface area (Å²) < 4.78 is 39.1. The lowest BCUT2D eigenvalue weighted by molar-refractivity contribution is -0.255. The van der Waals surface area contributed by atoms with Gasteiger partial charge in [0.2, 0.25) is 5.91 Å². The molecule has 0 aromatic carbocycles. The number of alkyl halides is 3. The topological polar surface area (TPSA) is 109 Å². The molecule has 0 saturated carbocycles. The third-order valence-corrected chi connectivity index (χ3v) is 4.42. The second-order valence-electron chi connectivity index (χ2n) is 6.28. The Bertz CT molecular complexity index is 851. The summed E-state index contributed by atoms with van der Waals surface area (Å²) in [6.45, 7) is 1.90. The Morgan fingerprint density at radius 3 is 2.44 bits per heavy atom. The highest BCUT2D eigenvalue weighted by Crippen LogP contribution is 2.28. The summed E-state index contributed by atoms with van der Waals surface area (Å²) in [7, 11) is 0. The molecule has 12 heteroatoms. The molecule has 0 unspecified atom stereocenters. The van der Waals surface area contributed by atoms with E-state index in [9.17, 15) is 27.9 Å². The molecule has 0 bridgehead atoms. The number of likely N-dealkylation sites (tertiary alicyclic amines) is 1. The van der Waals surface area contributed by atoms with Crippen molar-refractivity contribution < 1.29 is 27.9 Å². The van der Waals surface area contributed by atoms with Gasteiger partial charge in [-0.05, 0) is 25.8 Å². The quantitative estimate of drug-likeness (QED) is 0.735. The summed E-state index contributed by atoms with van der Waals surface area (Å²) in [6.07, 6.45) is -2.46. The van der Waals surface area contributed by atoms with Crippen LogP contribution >= 0.6 is 0 Å². The molecule has 0 N–H and O–H groups in total. The van der Waals surface area contributed by atoms with Crippen LogP contribution in [0.25, 0.3) is 0 Å². The van der Waals surface area contributed by atoms with Gasteiger partial charge in [-0.1, -0.05) is 0 Å². The SMILES string of the molecule is Cc1cc(C(F)(F)F)nn1CC(=O)N1CCC(n2ncc(C(=O)[O-])n2)CC1. The van der Waals surface area contributed by atoms with E-state index in [1.165, 1.54) is 16.6 Å². The van der Waals surface area contributed by atoms with Crippen molar-refractivity contribution in [1.82, 2.24) is 29.7 Å². The van der Waals surface area contributed by atoms with Gasteiger partial charge in [0.05, 0.1) is 18.2 Å². The van der Waals surface area contributed by atoms with Gasteiger partial charge in [-0.3, -0.25) is 9.48 Å². The van der Waals surface area contributed by atoms with E-state index in [0.717, 1.165) is 16.9 Å². The maximum Gasteiger partial charge on any atom is 0.435 e. The maximum atomic E-state index is 12.7. The number of nitrogens with zero attached hydrogens (tertiary/aromatic N) is 6. The van der Waals surface area contributed by atoms with Crippen molar-refractivity contribution >= 4 is 11.9 Å². The van der Waals surface area contributed by atoms with Gasteiger partial charge in [-0.15, -0.1) is 0 Å². The van der Waals surface area contributed by atoms with Crippen LogP contribution in [0.15, 0.2) is 12.3 Å². The molecule has 1 amide bonds. The van der Waals surface area contributed by atoms with E-state index in [0.29, 0.717) is 25.9 Å². The minimum atomic E-state index is -4.56. The van der Waals surface area contributed by atoms with E-state index in [2.05, 4.69) is 15.3 Å². The molecule has 1 saturated heterocycles. The van der Waals surface area contributed by atoms with Crippen LogP contribution < -0.4 is 5.11 Å². The highest BCUT2D eigenvalue weighted by molar-refractivity contribution is 5.82. The Hall–Kier alpha value is -2.92. The first-order chi connectivity index (χ1) is 12.6. The number of hydrogen-bond acceptors (Lipinski definition) is 6. The predicted octanol–water partition coefficient (Wildman–Crippen LogP) is 0.0290. The van der Waals surface area contributed by atoms with Crippen molar-refractivity contribution in [2.24, 2.45) is 0 Å². The summed E-state index contributed by atoms with van der Waals surface area (Å²) in [5, 5.41) is 21.9. The fourth-order valence-electron chi connectivity index (χ4n) is 2.93. The van der Waals surface area contributed by atoms with Crippen LogP contribution in [0.3, 0.4) is 0 Å². The molecule has 9 nitrogen and oxygen atoms in total. The van der Waals surface area contributed by atoms with Crippen molar-refractivity contribution in [1.29, 1.82) is 0 Å². The first-order valence-electron chi connectivity index (χ1n) is 8.17. The molecule has 0 aliphatic carbocycles. The van der Waals surface area contributed by atoms with E-state index in [1.807, 2.05) is 0 Å². The van der Waals surface area contributed by atoms with Gasteiger partial charge >= 0.3 is 6.18 Å². The van der Waals surface area contributed by atoms with E-state index in [-0.39, 0.29) is 29.9 Å². The molecule has 1 aliphatic rings. The number of hydrogen-bond donors (Lipinski definition) is 0. The normalized spacial score (nSPS) is 15.9. The molecular weight excluding hydrogens is 369 g/mol. The van der Waals surface area contributed by atoms with Gasteiger partial charge in [0.15, 0.2) is 5.69 Å². The van der Waals surface area contributed by atoms with Gasteiger partial charge in [0.1, 0.15) is 12.2 Å². The van der Waals surface area contributed by atoms with Crippen molar-refractivity contribution in [2.75, 3.05) is 13.1 Å². The van der Waals surface area contributed by atoms with E-state index < -0.39 is 17.8 Å². The second-order valence-corrected chi connectivity index (χ2v) is 6.28. The molecule has 2 aromatic heterocycles. The average molecular weight is 385 g/mol. The van der Waals surface area contributed by atoms with Crippen LogP contribution in [0.5, 0.6) is 0 Å². The van der Waals surface area contributed by atoms with Crippen LogP contribution in [0.4, 0.5) is 13.2 Å². The molecule has 0 radical (unpaired) electrons. The van der Waals surface area contributed by atoms with Crippen LogP contribution in [-0.2, 0) is 17.5 Å². The Balaban J connectivity index is 1.58. The molecule has 146 valence electrons. The van der Waals surface area contributed by atoms with Crippen molar-refractivity contribution in [3.05, 3.63) is 29.3 Å². The zero-order valence-electron chi connectivity index (χ0n) is 14.3. The van der Waals surface area contributed by atoms with Crippen LogP contribution in [-0.4, -0.2) is 54.6 Å². The Morgan fingerprint density at radius 1 is 1.26 bits per heavy atom. The van der Waals surface area contributed by atoms with Crippen LogP contribution in [0, 0.1) is 6.92 Å². The lowest BCUT2D eigenvalue weighted by atomic mass is 10.1. The molecule has 3 heterocycles. The number of carboxylic acid groups (broad SMARTS) is 1. The largest absolute Gasteiger partial charge is 0.543 e. The van der Waals surface area contributed by atoms with Gasteiger partial charge in [-0.2, -0.15) is 33.3 Å². The van der Waals surface area contributed by atoms with Crippen LogP contribution in [0.1, 0.15) is 40.8 Å². The van der Waals surface area contributed by atoms with E-state index in [1.54, 1.807) is 0 Å². The van der Waals surface area contributed by atoms with E-state index in [4.69, 9.17) is 0 Å². The number of carboxylic acids is 1. The standard InChI is InChI=1S/C15H17F3N6O3/c1-9-6-12(15(16,17)18)21-23(9)8-13(25)22-4-2-10(3-5-22)24-19-7-11(20-24)14(26)27/h6-7,10H,2-5,8H2,1H3,(H,26,27)/p-1. The lowest BCUT2D eigenvalue weighted by Crippen LogP contribution is -2.41. The fraction of sp³-hybridized carbons (Fsp3) is 0.533. The number of amides is 1. The third kappa shape index (κ3) is 4.09. The summed E-state index contributed by atoms with van der Waals surface area (Å²) in [4.78, 5) is 25.9. The number of halogens is 3. The maximum absolute atomic E-state index is 12.7. The summed E-state index contributed by atoms with van der Waals surface area (Å²) >= 11 is 0. The van der Waals surface area contributed by atoms with Gasteiger partial charge in [-0.25, -0.2) is 0 Å². The number of aromatic nitrogens is 5. The van der Waals surface area contributed by atoms with Crippen molar-refractivity contribution in [2.45, 2.75) is 38.5 Å². The number of carbonyl (C=O) groups excluding carboxylic acids is 2. The zero-order chi connectivity index (χ0) is 19.8. The predicted molar refractivity (Wildman–Crippen MR) is 81.2 cm³/mol. The highest BCUT2D eigenvalue weighted by Gasteiger charge is 2.35. The molecule has 0 spiro atoms. The minimum absolute atomic E-state index is 0.162. The first-order valence-corrected chi connectivity index (χ1v) is 8.17. The van der Waals surface area contributed by atoms with Gasteiger partial charge in [0.25, 0.3) is 0 Å². The van der Waals surface area contributed by atoms with Crippen molar-refractivity contribution in [3.63, 3.8) is 0 Å². The highest BCUT2D eigenvalue weighted by atomic mass is 19.4. The molecule has 1 fully saturated rings. The first kappa shape index (κ1) is 18.9. The minimum Gasteiger partial charge on any atom is -0.543 e. The van der Waals surface area contributed by atoms with Gasteiger partial charge < -0.3 is 14.8 Å².